The first kappa shape index (κ1) is 14.5. The van der Waals surface area contributed by atoms with Gasteiger partial charge in [0.15, 0.2) is 0 Å². The average Bonchev–Trinajstić information content (AvgIpc) is 2.18. The van der Waals surface area contributed by atoms with Gasteiger partial charge in [0, 0.05) is 30.2 Å². The zero-order chi connectivity index (χ0) is 12.9. The lowest BCUT2D eigenvalue weighted by Gasteiger charge is -2.20. The molecule has 2 nitrogen and oxygen atoms in total. The SMILES string of the molecule is Cc1cc(Cl)ccc1CNCCNC(C)(C)C. The lowest BCUT2D eigenvalue weighted by Crippen LogP contribution is -2.40. The van der Waals surface area contributed by atoms with Crippen molar-refractivity contribution < 1.29 is 0 Å². The number of benzene rings is 1. The summed E-state index contributed by atoms with van der Waals surface area (Å²) < 4.78 is 0. The number of hydrogen-bond donors (Lipinski definition) is 2. The van der Waals surface area contributed by atoms with E-state index in [1.54, 1.807) is 0 Å². The number of halogens is 1. The molecule has 3 heteroatoms. The predicted octanol–water partition coefficient (Wildman–Crippen LogP) is 3.13. The zero-order valence-electron chi connectivity index (χ0n) is 11.2. The molecule has 0 heterocycles. The van der Waals surface area contributed by atoms with Crippen LogP contribution in [0, 0.1) is 6.92 Å². The van der Waals surface area contributed by atoms with Crippen LogP contribution in [0.3, 0.4) is 0 Å². The Kier molecular flexibility index (Phi) is 5.44. The Morgan fingerprint density at radius 2 is 1.88 bits per heavy atom. The van der Waals surface area contributed by atoms with Crippen LogP contribution in [0.4, 0.5) is 0 Å². The van der Waals surface area contributed by atoms with Crippen molar-refractivity contribution in [2.45, 2.75) is 39.8 Å². The first-order valence-electron chi connectivity index (χ1n) is 6.09. The summed E-state index contributed by atoms with van der Waals surface area (Å²) in [6, 6.07) is 6.03. The maximum absolute atomic E-state index is 5.92. The van der Waals surface area contributed by atoms with Crippen LogP contribution in [0.25, 0.3) is 0 Å². The average molecular weight is 255 g/mol. The molecule has 0 aliphatic carbocycles. The van der Waals surface area contributed by atoms with Crippen LogP contribution in [0.5, 0.6) is 0 Å². The molecule has 17 heavy (non-hydrogen) atoms. The Bertz CT molecular complexity index is 356. The van der Waals surface area contributed by atoms with Crippen LogP contribution in [0.15, 0.2) is 18.2 Å². The minimum Gasteiger partial charge on any atom is -0.311 e. The first-order chi connectivity index (χ1) is 7.88. The summed E-state index contributed by atoms with van der Waals surface area (Å²) in [5.41, 5.74) is 2.75. The summed E-state index contributed by atoms with van der Waals surface area (Å²) in [6.07, 6.45) is 0. The highest BCUT2D eigenvalue weighted by atomic mass is 35.5. The van der Waals surface area contributed by atoms with E-state index in [-0.39, 0.29) is 5.54 Å². The van der Waals surface area contributed by atoms with Crippen molar-refractivity contribution in [3.05, 3.63) is 34.3 Å². The van der Waals surface area contributed by atoms with Gasteiger partial charge >= 0.3 is 0 Å². The highest BCUT2D eigenvalue weighted by Gasteiger charge is 2.06. The third kappa shape index (κ3) is 6.06. The maximum Gasteiger partial charge on any atom is 0.0408 e. The Hall–Kier alpha value is -0.570. The molecule has 0 saturated carbocycles. The van der Waals surface area contributed by atoms with Gasteiger partial charge in [0.05, 0.1) is 0 Å². The predicted molar refractivity (Wildman–Crippen MR) is 75.7 cm³/mol. The molecule has 0 aliphatic rings. The van der Waals surface area contributed by atoms with Gasteiger partial charge in [-0.15, -0.1) is 0 Å². The molecule has 0 radical (unpaired) electrons. The summed E-state index contributed by atoms with van der Waals surface area (Å²) in [5, 5.41) is 7.68. The summed E-state index contributed by atoms with van der Waals surface area (Å²) in [6.45, 7) is 11.5. The van der Waals surface area contributed by atoms with E-state index >= 15 is 0 Å². The molecule has 0 atom stereocenters. The second-order valence-corrected chi connectivity index (χ2v) is 5.86. The maximum atomic E-state index is 5.92. The van der Waals surface area contributed by atoms with E-state index in [0.717, 1.165) is 24.7 Å². The van der Waals surface area contributed by atoms with Crippen molar-refractivity contribution in [3.63, 3.8) is 0 Å². The second kappa shape index (κ2) is 6.39. The molecular weight excluding hydrogens is 232 g/mol. The number of nitrogens with one attached hydrogen (secondary N) is 2. The van der Waals surface area contributed by atoms with Crippen LogP contribution in [0.2, 0.25) is 5.02 Å². The van der Waals surface area contributed by atoms with Crippen molar-refractivity contribution in [3.8, 4) is 0 Å². The van der Waals surface area contributed by atoms with Crippen LogP contribution in [0.1, 0.15) is 31.9 Å². The molecule has 0 bridgehead atoms. The van der Waals surface area contributed by atoms with Gasteiger partial charge in [0.1, 0.15) is 0 Å². The van der Waals surface area contributed by atoms with Gasteiger partial charge in [0.2, 0.25) is 0 Å². The van der Waals surface area contributed by atoms with Gasteiger partial charge in [-0.2, -0.15) is 0 Å². The van der Waals surface area contributed by atoms with Crippen LogP contribution in [-0.2, 0) is 6.54 Å². The number of rotatable bonds is 5. The Balaban J connectivity index is 2.27. The molecule has 0 unspecified atom stereocenters. The lowest BCUT2D eigenvalue weighted by atomic mass is 10.1. The van der Waals surface area contributed by atoms with Crippen molar-refractivity contribution >= 4 is 11.6 Å². The highest BCUT2D eigenvalue weighted by molar-refractivity contribution is 6.30. The highest BCUT2D eigenvalue weighted by Crippen LogP contribution is 2.14. The van der Waals surface area contributed by atoms with Gasteiger partial charge in [-0.25, -0.2) is 0 Å². The summed E-state index contributed by atoms with van der Waals surface area (Å²) in [5.74, 6) is 0. The molecular formula is C14H23ClN2. The molecule has 0 aromatic heterocycles. The Morgan fingerprint density at radius 1 is 1.18 bits per heavy atom. The van der Waals surface area contributed by atoms with E-state index in [2.05, 4.69) is 44.4 Å². The van der Waals surface area contributed by atoms with Crippen LogP contribution in [-0.4, -0.2) is 18.6 Å². The second-order valence-electron chi connectivity index (χ2n) is 5.42. The third-order valence-corrected chi connectivity index (χ3v) is 2.81. The molecule has 0 spiro atoms. The molecule has 1 aromatic carbocycles. The first-order valence-corrected chi connectivity index (χ1v) is 6.47. The molecule has 0 amide bonds. The van der Waals surface area contributed by atoms with Gasteiger partial charge < -0.3 is 10.6 Å². The van der Waals surface area contributed by atoms with E-state index in [1.807, 2.05) is 12.1 Å². The smallest absolute Gasteiger partial charge is 0.0408 e. The van der Waals surface area contributed by atoms with Gasteiger partial charge in [-0.1, -0.05) is 17.7 Å². The Morgan fingerprint density at radius 3 is 2.47 bits per heavy atom. The minimum absolute atomic E-state index is 0.192. The van der Waals surface area contributed by atoms with Gasteiger partial charge in [0.25, 0.3) is 0 Å². The molecule has 0 fully saturated rings. The van der Waals surface area contributed by atoms with Crippen molar-refractivity contribution in [2.24, 2.45) is 0 Å². The van der Waals surface area contributed by atoms with Gasteiger partial charge in [-0.3, -0.25) is 0 Å². The van der Waals surface area contributed by atoms with Crippen LogP contribution >= 0.6 is 11.6 Å². The molecule has 1 aromatic rings. The lowest BCUT2D eigenvalue weighted by molar-refractivity contribution is 0.421. The topological polar surface area (TPSA) is 24.1 Å². The molecule has 1 rings (SSSR count). The van der Waals surface area contributed by atoms with E-state index in [1.165, 1.54) is 11.1 Å². The summed E-state index contributed by atoms with van der Waals surface area (Å²) >= 11 is 5.92. The quantitative estimate of drug-likeness (QED) is 0.789. The standard InChI is InChI=1S/C14H23ClN2/c1-11-9-13(15)6-5-12(11)10-16-7-8-17-14(2,3)4/h5-6,9,16-17H,7-8,10H2,1-4H3. The zero-order valence-corrected chi connectivity index (χ0v) is 12.0. The summed E-state index contributed by atoms with van der Waals surface area (Å²) in [4.78, 5) is 0. The fourth-order valence-electron chi connectivity index (χ4n) is 1.61. The molecule has 2 N–H and O–H groups in total. The van der Waals surface area contributed by atoms with Crippen molar-refractivity contribution in [2.75, 3.05) is 13.1 Å². The largest absolute Gasteiger partial charge is 0.311 e. The van der Waals surface area contributed by atoms with Crippen molar-refractivity contribution in [1.82, 2.24) is 10.6 Å². The molecule has 0 aliphatic heterocycles. The third-order valence-electron chi connectivity index (χ3n) is 2.58. The Labute approximate surface area is 110 Å². The minimum atomic E-state index is 0.192. The normalized spacial score (nSPS) is 11.8. The number of aryl methyl sites for hydroxylation is 1. The fourth-order valence-corrected chi connectivity index (χ4v) is 1.83. The molecule has 96 valence electrons. The monoisotopic (exact) mass is 254 g/mol. The van der Waals surface area contributed by atoms with E-state index in [9.17, 15) is 0 Å². The van der Waals surface area contributed by atoms with Crippen molar-refractivity contribution in [1.29, 1.82) is 0 Å². The molecule has 0 saturated heterocycles. The summed E-state index contributed by atoms with van der Waals surface area (Å²) in [7, 11) is 0. The fraction of sp³-hybridized carbons (Fsp3) is 0.571. The van der Waals surface area contributed by atoms with E-state index in [4.69, 9.17) is 11.6 Å². The van der Waals surface area contributed by atoms with E-state index < -0.39 is 0 Å². The van der Waals surface area contributed by atoms with Gasteiger partial charge in [-0.05, 0) is 51.0 Å². The van der Waals surface area contributed by atoms with E-state index in [0.29, 0.717) is 0 Å². The van der Waals surface area contributed by atoms with Crippen LogP contribution < -0.4 is 10.6 Å². The number of hydrogen-bond acceptors (Lipinski definition) is 2.